The van der Waals surface area contributed by atoms with Crippen LogP contribution in [0.15, 0.2) is 36.1 Å². The molecule has 0 radical (unpaired) electrons. The number of methoxy groups -OCH3 is 1. The average molecular weight is 329 g/mol. The molecule has 0 bridgehead atoms. The van der Waals surface area contributed by atoms with Crippen LogP contribution in [0.1, 0.15) is 24.2 Å². The van der Waals surface area contributed by atoms with Gasteiger partial charge in [0.15, 0.2) is 0 Å². The number of amides is 1. The number of fused-ring (bicyclic) bond motifs is 1. The SMILES string of the molecule is COCC(C)(C)NC(=O)c1cc(-c2cncs2)cc2[nH]ccc12. The van der Waals surface area contributed by atoms with Gasteiger partial charge in [0.1, 0.15) is 0 Å². The predicted molar refractivity (Wildman–Crippen MR) is 92.8 cm³/mol. The van der Waals surface area contributed by atoms with Gasteiger partial charge in [-0.15, -0.1) is 11.3 Å². The summed E-state index contributed by atoms with van der Waals surface area (Å²) in [7, 11) is 1.63. The summed E-state index contributed by atoms with van der Waals surface area (Å²) in [5.74, 6) is -0.108. The number of carbonyl (C=O) groups is 1. The lowest BCUT2D eigenvalue weighted by molar-refractivity contribution is 0.0821. The van der Waals surface area contributed by atoms with Crippen LogP contribution in [-0.2, 0) is 4.74 Å². The van der Waals surface area contributed by atoms with Crippen LogP contribution in [-0.4, -0.2) is 35.1 Å². The van der Waals surface area contributed by atoms with Crippen molar-refractivity contribution in [2.24, 2.45) is 0 Å². The zero-order valence-corrected chi connectivity index (χ0v) is 14.2. The summed E-state index contributed by atoms with van der Waals surface area (Å²) in [4.78, 5) is 21.1. The van der Waals surface area contributed by atoms with Gasteiger partial charge in [-0.05, 0) is 37.6 Å². The van der Waals surface area contributed by atoms with Crippen molar-refractivity contribution in [3.05, 3.63) is 41.7 Å². The Hall–Kier alpha value is -2.18. The Bertz CT molecular complexity index is 822. The maximum absolute atomic E-state index is 12.8. The van der Waals surface area contributed by atoms with Crippen LogP contribution in [0.2, 0.25) is 0 Å². The Morgan fingerprint density at radius 3 is 2.96 bits per heavy atom. The molecule has 23 heavy (non-hydrogen) atoms. The van der Waals surface area contributed by atoms with Crippen LogP contribution in [0.25, 0.3) is 21.3 Å². The molecule has 0 fully saturated rings. The first kappa shape index (κ1) is 15.7. The molecule has 2 heterocycles. The number of benzene rings is 1. The lowest BCUT2D eigenvalue weighted by Crippen LogP contribution is -2.46. The van der Waals surface area contributed by atoms with Crippen molar-refractivity contribution >= 4 is 28.1 Å². The molecule has 2 N–H and O–H groups in total. The maximum atomic E-state index is 12.8. The van der Waals surface area contributed by atoms with E-state index in [1.807, 2.05) is 44.4 Å². The number of hydrogen-bond acceptors (Lipinski definition) is 4. The molecule has 3 rings (SSSR count). The monoisotopic (exact) mass is 329 g/mol. The van der Waals surface area contributed by atoms with E-state index in [1.54, 1.807) is 24.0 Å². The number of rotatable bonds is 5. The number of nitrogens with one attached hydrogen (secondary N) is 2. The molecular formula is C17H19N3O2S. The van der Waals surface area contributed by atoms with Crippen molar-refractivity contribution in [2.75, 3.05) is 13.7 Å². The van der Waals surface area contributed by atoms with E-state index in [1.165, 1.54) is 0 Å². The van der Waals surface area contributed by atoms with Gasteiger partial charge in [-0.1, -0.05) is 0 Å². The highest BCUT2D eigenvalue weighted by atomic mass is 32.1. The van der Waals surface area contributed by atoms with E-state index in [0.717, 1.165) is 21.3 Å². The highest BCUT2D eigenvalue weighted by molar-refractivity contribution is 7.13. The Labute approximate surface area is 138 Å². The van der Waals surface area contributed by atoms with Gasteiger partial charge in [0.2, 0.25) is 0 Å². The molecule has 0 saturated carbocycles. The van der Waals surface area contributed by atoms with Gasteiger partial charge in [0.05, 0.1) is 22.5 Å². The van der Waals surface area contributed by atoms with Gasteiger partial charge in [-0.25, -0.2) is 0 Å². The first-order valence-corrected chi connectivity index (χ1v) is 8.19. The summed E-state index contributed by atoms with van der Waals surface area (Å²) in [6.45, 7) is 4.33. The van der Waals surface area contributed by atoms with Gasteiger partial charge in [0.25, 0.3) is 5.91 Å². The molecule has 2 aromatic heterocycles. The van der Waals surface area contributed by atoms with E-state index in [9.17, 15) is 4.79 Å². The van der Waals surface area contributed by atoms with Crippen molar-refractivity contribution in [3.8, 4) is 10.4 Å². The zero-order chi connectivity index (χ0) is 16.4. The number of aromatic amines is 1. The summed E-state index contributed by atoms with van der Waals surface area (Å²) in [5, 5.41) is 3.94. The van der Waals surface area contributed by atoms with Gasteiger partial charge in [-0.2, -0.15) is 0 Å². The minimum absolute atomic E-state index is 0.108. The fourth-order valence-corrected chi connectivity index (χ4v) is 3.24. The van der Waals surface area contributed by atoms with Crippen LogP contribution in [0.4, 0.5) is 0 Å². The van der Waals surface area contributed by atoms with Gasteiger partial charge in [-0.3, -0.25) is 9.78 Å². The largest absolute Gasteiger partial charge is 0.382 e. The summed E-state index contributed by atoms with van der Waals surface area (Å²) in [6.07, 6.45) is 3.66. The minimum Gasteiger partial charge on any atom is -0.382 e. The molecule has 3 aromatic rings. The zero-order valence-electron chi connectivity index (χ0n) is 13.3. The summed E-state index contributed by atoms with van der Waals surface area (Å²) >= 11 is 1.55. The third-order valence-electron chi connectivity index (χ3n) is 3.59. The Balaban J connectivity index is 2.02. The van der Waals surface area contributed by atoms with Gasteiger partial charge < -0.3 is 15.0 Å². The second kappa shape index (κ2) is 6.14. The van der Waals surface area contributed by atoms with E-state index in [0.29, 0.717) is 12.2 Å². The molecule has 5 nitrogen and oxygen atoms in total. The van der Waals surface area contributed by atoms with Crippen LogP contribution >= 0.6 is 11.3 Å². The van der Waals surface area contributed by atoms with E-state index in [4.69, 9.17) is 4.74 Å². The van der Waals surface area contributed by atoms with Crippen LogP contribution in [0, 0.1) is 0 Å². The van der Waals surface area contributed by atoms with Crippen LogP contribution in [0.5, 0.6) is 0 Å². The predicted octanol–water partition coefficient (Wildman–Crippen LogP) is 3.45. The van der Waals surface area contributed by atoms with Crippen molar-refractivity contribution in [1.29, 1.82) is 0 Å². The molecular weight excluding hydrogens is 310 g/mol. The molecule has 0 atom stereocenters. The number of hydrogen-bond donors (Lipinski definition) is 2. The lowest BCUT2D eigenvalue weighted by Gasteiger charge is -2.25. The second-order valence-electron chi connectivity index (χ2n) is 6.10. The van der Waals surface area contributed by atoms with E-state index >= 15 is 0 Å². The maximum Gasteiger partial charge on any atom is 0.252 e. The summed E-state index contributed by atoms with van der Waals surface area (Å²) in [6, 6.07) is 5.88. The number of carbonyl (C=O) groups excluding carboxylic acids is 1. The molecule has 120 valence electrons. The fraction of sp³-hybridized carbons (Fsp3) is 0.294. The highest BCUT2D eigenvalue weighted by Crippen LogP contribution is 2.29. The van der Waals surface area contributed by atoms with Crippen molar-refractivity contribution in [3.63, 3.8) is 0 Å². The van der Waals surface area contributed by atoms with E-state index in [2.05, 4.69) is 15.3 Å². The Kier molecular flexibility index (Phi) is 4.19. The molecule has 0 saturated heterocycles. The van der Waals surface area contributed by atoms with Gasteiger partial charge in [0, 0.05) is 36.0 Å². The summed E-state index contributed by atoms with van der Waals surface area (Å²) < 4.78 is 5.17. The molecule has 0 spiro atoms. The smallest absolute Gasteiger partial charge is 0.252 e. The normalized spacial score (nSPS) is 11.8. The average Bonchev–Trinajstić information content (AvgIpc) is 3.16. The fourth-order valence-electron chi connectivity index (χ4n) is 2.63. The van der Waals surface area contributed by atoms with E-state index in [-0.39, 0.29) is 5.91 Å². The number of thiazole rings is 1. The quantitative estimate of drug-likeness (QED) is 0.753. The molecule has 1 amide bonds. The Morgan fingerprint density at radius 2 is 2.26 bits per heavy atom. The lowest BCUT2D eigenvalue weighted by atomic mass is 10.0. The Morgan fingerprint density at radius 1 is 1.43 bits per heavy atom. The van der Waals surface area contributed by atoms with Crippen LogP contribution in [0.3, 0.4) is 0 Å². The van der Waals surface area contributed by atoms with Gasteiger partial charge >= 0.3 is 0 Å². The minimum atomic E-state index is -0.436. The standard InChI is InChI=1S/C17H19N3O2S/c1-17(2,9-22-3)20-16(21)13-6-11(15-8-18-10-23-15)7-14-12(13)4-5-19-14/h4-8,10,19H,9H2,1-3H3,(H,20,21). The van der Waals surface area contributed by atoms with Crippen molar-refractivity contribution in [2.45, 2.75) is 19.4 Å². The van der Waals surface area contributed by atoms with Crippen molar-refractivity contribution in [1.82, 2.24) is 15.3 Å². The van der Waals surface area contributed by atoms with E-state index < -0.39 is 5.54 Å². The first-order chi connectivity index (χ1) is 11.0. The molecule has 6 heteroatoms. The molecule has 0 aliphatic heterocycles. The highest BCUT2D eigenvalue weighted by Gasteiger charge is 2.23. The molecule has 1 aromatic carbocycles. The molecule has 0 unspecified atom stereocenters. The van der Waals surface area contributed by atoms with Crippen molar-refractivity contribution < 1.29 is 9.53 Å². The third kappa shape index (κ3) is 3.28. The molecule has 0 aliphatic carbocycles. The second-order valence-corrected chi connectivity index (χ2v) is 6.99. The number of aromatic nitrogens is 2. The number of nitrogens with zero attached hydrogens (tertiary/aromatic N) is 1. The number of ether oxygens (including phenoxy) is 1. The topological polar surface area (TPSA) is 67.0 Å². The van der Waals surface area contributed by atoms with Crippen LogP contribution < -0.4 is 5.32 Å². The summed E-state index contributed by atoms with van der Waals surface area (Å²) in [5.41, 5.74) is 3.92. The number of H-pyrrole nitrogens is 1. The third-order valence-corrected chi connectivity index (χ3v) is 4.41. The molecule has 0 aliphatic rings. The first-order valence-electron chi connectivity index (χ1n) is 7.31.